The number of ether oxygens (including phenoxy) is 2. The van der Waals surface area contributed by atoms with Crippen molar-refractivity contribution < 1.29 is 17.9 Å². The first-order valence-corrected chi connectivity index (χ1v) is 10.9. The van der Waals surface area contributed by atoms with Crippen molar-refractivity contribution in [3.05, 3.63) is 51.6 Å². The Kier molecular flexibility index (Phi) is 5.47. The SMILES string of the molecule is COc1cc2c(cc1OC)[C@H](C)N(S(=O)(=O)c1c(C)c(C)cc(C)c1C)CC2. The Morgan fingerprint density at radius 3 is 2.00 bits per heavy atom. The van der Waals surface area contributed by atoms with E-state index < -0.39 is 10.0 Å². The first-order chi connectivity index (χ1) is 13.1. The molecule has 0 spiro atoms. The van der Waals surface area contributed by atoms with Gasteiger partial charge in [-0.25, -0.2) is 8.42 Å². The second kappa shape index (κ2) is 7.41. The molecular formula is C22H29NO4S. The molecule has 0 unspecified atom stereocenters. The topological polar surface area (TPSA) is 55.8 Å². The van der Waals surface area contributed by atoms with E-state index in [0.717, 1.165) is 33.4 Å². The van der Waals surface area contributed by atoms with Gasteiger partial charge in [-0.2, -0.15) is 4.31 Å². The molecular weight excluding hydrogens is 374 g/mol. The van der Waals surface area contributed by atoms with Crippen molar-refractivity contribution in [1.29, 1.82) is 0 Å². The maximum absolute atomic E-state index is 13.7. The Labute approximate surface area is 168 Å². The van der Waals surface area contributed by atoms with Crippen LogP contribution >= 0.6 is 0 Å². The Morgan fingerprint density at radius 2 is 1.46 bits per heavy atom. The summed E-state index contributed by atoms with van der Waals surface area (Å²) in [5.41, 5.74) is 5.72. The number of rotatable bonds is 4. The number of hydrogen-bond acceptors (Lipinski definition) is 4. The zero-order valence-corrected chi connectivity index (χ0v) is 18.5. The fourth-order valence-electron chi connectivity index (χ4n) is 4.13. The highest BCUT2D eigenvalue weighted by Gasteiger charge is 2.36. The van der Waals surface area contributed by atoms with Gasteiger partial charge in [0, 0.05) is 12.6 Å². The van der Waals surface area contributed by atoms with Crippen LogP contribution in [0.25, 0.3) is 0 Å². The molecule has 5 nitrogen and oxygen atoms in total. The van der Waals surface area contributed by atoms with Gasteiger partial charge in [-0.3, -0.25) is 0 Å². The molecule has 1 aliphatic rings. The average Bonchev–Trinajstić information content (AvgIpc) is 2.65. The lowest BCUT2D eigenvalue weighted by Crippen LogP contribution is -2.39. The van der Waals surface area contributed by atoms with Crippen LogP contribution in [0.1, 0.15) is 46.3 Å². The van der Waals surface area contributed by atoms with E-state index in [-0.39, 0.29) is 6.04 Å². The second-order valence-corrected chi connectivity index (χ2v) is 9.36. The van der Waals surface area contributed by atoms with Crippen LogP contribution in [0.15, 0.2) is 23.1 Å². The minimum Gasteiger partial charge on any atom is -0.493 e. The number of aryl methyl sites for hydroxylation is 2. The van der Waals surface area contributed by atoms with Crippen LogP contribution < -0.4 is 9.47 Å². The van der Waals surface area contributed by atoms with Crippen LogP contribution in [0.5, 0.6) is 11.5 Å². The van der Waals surface area contributed by atoms with Crippen molar-refractivity contribution in [3.8, 4) is 11.5 Å². The number of hydrogen-bond donors (Lipinski definition) is 0. The highest BCUT2D eigenvalue weighted by atomic mass is 32.2. The van der Waals surface area contributed by atoms with Crippen molar-refractivity contribution in [3.63, 3.8) is 0 Å². The Morgan fingerprint density at radius 1 is 0.929 bits per heavy atom. The van der Waals surface area contributed by atoms with Gasteiger partial charge in [0.2, 0.25) is 10.0 Å². The number of benzene rings is 2. The molecule has 2 aromatic rings. The van der Waals surface area contributed by atoms with Crippen LogP contribution in [0.3, 0.4) is 0 Å². The van der Waals surface area contributed by atoms with E-state index in [9.17, 15) is 8.42 Å². The van der Waals surface area contributed by atoms with E-state index in [1.54, 1.807) is 18.5 Å². The molecule has 3 rings (SSSR count). The van der Waals surface area contributed by atoms with E-state index in [0.29, 0.717) is 29.4 Å². The van der Waals surface area contributed by atoms with Crippen molar-refractivity contribution in [2.24, 2.45) is 0 Å². The first kappa shape index (κ1) is 20.7. The minimum absolute atomic E-state index is 0.284. The maximum Gasteiger partial charge on any atom is 0.244 e. The molecule has 2 aromatic carbocycles. The average molecular weight is 404 g/mol. The summed E-state index contributed by atoms with van der Waals surface area (Å²) in [6.07, 6.45) is 0.641. The van der Waals surface area contributed by atoms with Crippen LogP contribution in [0, 0.1) is 27.7 Å². The highest BCUT2D eigenvalue weighted by Crippen LogP contribution is 2.41. The molecule has 28 heavy (non-hydrogen) atoms. The highest BCUT2D eigenvalue weighted by molar-refractivity contribution is 7.89. The zero-order valence-electron chi connectivity index (χ0n) is 17.7. The lowest BCUT2D eigenvalue weighted by atomic mass is 9.94. The second-order valence-electron chi connectivity index (χ2n) is 7.54. The molecule has 0 aliphatic carbocycles. The summed E-state index contributed by atoms with van der Waals surface area (Å²) in [5.74, 6) is 1.29. The van der Waals surface area contributed by atoms with Crippen LogP contribution in [-0.2, 0) is 16.4 Å². The van der Waals surface area contributed by atoms with E-state index in [1.165, 1.54) is 0 Å². The lowest BCUT2D eigenvalue weighted by Gasteiger charge is -2.35. The molecule has 0 radical (unpaired) electrons. The van der Waals surface area contributed by atoms with E-state index in [1.807, 2.05) is 46.8 Å². The third kappa shape index (κ3) is 3.18. The standard InChI is InChI=1S/C22H29NO4S/c1-13-10-14(2)16(4)22(15(13)3)28(24,25)23-9-8-18-11-20(26-6)21(27-7)12-19(18)17(23)5/h10-12,17H,8-9H2,1-7H3/t17-/m0/s1. The normalized spacial score (nSPS) is 17.3. The summed E-state index contributed by atoms with van der Waals surface area (Å²) in [4.78, 5) is 0.445. The predicted molar refractivity (Wildman–Crippen MR) is 111 cm³/mol. The number of nitrogens with zero attached hydrogens (tertiary/aromatic N) is 1. The summed E-state index contributed by atoms with van der Waals surface area (Å²) in [6.45, 7) is 10.1. The number of methoxy groups -OCH3 is 2. The van der Waals surface area contributed by atoms with Gasteiger partial charge < -0.3 is 9.47 Å². The molecule has 152 valence electrons. The quantitative estimate of drug-likeness (QED) is 0.766. The fourth-order valence-corrected chi connectivity index (χ4v) is 6.33. The summed E-state index contributed by atoms with van der Waals surface area (Å²) in [7, 11) is -0.433. The van der Waals surface area contributed by atoms with E-state index >= 15 is 0 Å². The molecule has 1 atom stereocenters. The van der Waals surface area contributed by atoms with E-state index in [2.05, 4.69) is 6.07 Å². The van der Waals surface area contributed by atoms with E-state index in [4.69, 9.17) is 9.47 Å². The molecule has 1 aliphatic heterocycles. The van der Waals surface area contributed by atoms with Gasteiger partial charge in [-0.15, -0.1) is 0 Å². The van der Waals surface area contributed by atoms with Crippen molar-refractivity contribution in [1.82, 2.24) is 4.31 Å². The summed E-state index contributed by atoms with van der Waals surface area (Å²) in [5, 5.41) is 0. The summed E-state index contributed by atoms with van der Waals surface area (Å²) < 4.78 is 39.9. The largest absolute Gasteiger partial charge is 0.493 e. The van der Waals surface area contributed by atoms with Crippen LogP contribution in [0.2, 0.25) is 0 Å². The molecule has 0 fully saturated rings. The number of sulfonamides is 1. The lowest BCUT2D eigenvalue weighted by molar-refractivity contribution is 0.318. The Balaban J connectivity index is 2.12. The molecule has 6 heteroatoms. The third-order valence-electron chi connectivity index (χ3n) is 5.99. The summed E-state index contributed by atoms with van der Waals surface area (Å²) >= 11 is 0. The molecule has 0 aromatic heterocycles. The maximum atomic E-state index is 13.7. The number of fused-ring (bicyclic) bond motifs is 1. The monoisotopic (exact) mass is 403 g/mol. The fraction of sp³-hybridized carbons (Fsp3) is 0.455. The summed E-state index contributed by atoms with van der Waals surface area (Å²) in [6, 6.07) is 5.63. The van der Waals surface area contributed by atoms with Gasteiger partial charge in [0.25, 0.3) is 0 Å². The minimum atomic E-state index is -3.63. The van der Waals surface area contributed by atoms with Crippen LogP contribution in [-0.4, -0.2) is 33.5 Å². The van der Waals surface area contributed by atoms with Gasteiger partial charge in [0.05, 0.1) is 19.1 Å². The zero-order chi connectivity index (χ0) is 20.8. The van der Waals surface area contributed by atoms with Crippen LogP contribution in [0.4, 0.5) is 0 Å². The van der Waals surface area contributed by atoms with Gasteiger partial charge >= 0.3 is 0 Å². The van der Waals surface area contributed by atoms with Gasteiger partial charge in [0.1, 0.15) is 0 Å². The van der Waals surface area contributed by atoms with Crippen molar-refractivity contribution in [2.75, 3.05) is 20.8 Å². The van der Waals surface area contributed by atoms with Crippen molar-refractivity contribution in [2.45, 2.75) is 52.0 Å². The molecule has 0 saturated heterocycles. The van der Waals surface area contributed by atoms with Gasteiger partial charge in [0.15, 0.2) is 11.5 Å². The first-order valence-electron chi connectivity index (χ1n) is 9.47. The molecule has 1 heterocycles. The van der Waals surface area contributed by atoms with Crippen molar-refractivity contribution >= 4 is 10.0 Å². The third-order valence-corrected chi connectivity index (χ3v) is 8.24. The molecule has 0 amide bonds. The predicted octanol–water partition coefficient (Wildman–Crippen LogP) is 4.25. The Bertz CT molecular complexity index is 1000. The smallest absolute Gasteiger partial charge is 0.244 e. The Hall–Kier alpha value is -2.05. The molecule has 0 saturated carbocycles. The van der Waals surface area contributed by atoms with Gasteiger partial charge in [-0.05, 0) is 86.6 Å². The molecule has 0 N–H and O–H groups in total. The molecule has 0 bridgehead atoms. The van der Waals surface area contributed by atoms with Gasteiger partial charge in [-0.1, -0.05) is 6.07 Å².